The quantitative estimate of drug-likeness (QED) is 0.778. The van der Waals surface area contributed by atoms with Gasteiger partial charge >= 0.3 is 0 Å². The van der Waals surface area contributed by atoms with E-state index in [2.05, 4.69) is 0 Å². The average molecular weight is 264 g/mol. The largest absolute Gasteiger partial charge is 0.343 e. The molecule has 1 saturated carbocycles. The maximum absolute atomic E-state index is 12.3. The van der Waals surface area contributed by atoms with Crippen LogP contribution < -0.4 is 0 Å². The van der Waals surface area contributed by atoms with E-state index >= 15 is 0 Å². The molecule has 0 saturated heterocycles. The van der Waals surface area contributed by atoms with Gasteiger partial charge in [0, 0.05) is 25.7 Å². The van der Waals surface area contributed by atoms with Crippen LogP contribution in [0.15, 0.2) is 11.1 Å². The Morgan fingerprint density at radius 2 is 2.00 bits per heavy atom. The molecule has 1 aliphatic carbocycles. The lowest BCUT2D eigenvalue weighted by molar-refractivity contribution is -0.132. The van der Waals surface area contributed by atoms with Crippen LogP contribution in [-0.4, -0.2) is 47.8 Å². The fraction of sp³-hybridized carbons (Fsp3) is 0.733. The number of fused-ring (bicyclic) bond motifs is 1. The van der Waals surface area contributed by atoms with Gasteiger partial charge in [0.1, 0.15) is 0 Å². The van der Waals surface area contributed by atoms with Gasteiger partial charge in [-0.25, -0.2) is 0 Å². The van der Waals surface area contributed by atoms with Gasteiger partial charge in [0.05, 0.1) is 12.5 Å². The molecule has 2 rings (SSSR count). The minimum atomic E-state index is 0.0717. The first-order valence-corrected chi connectivity index (χ1v) is 7.37. The summed E-state index contributed by atoms with van der Waals surface area (Å²) < 4.78 is 0. The van der Waals surface area contributed by atoms with Gasteiger partial charge in [0.25, 0.3) is 5.91 Å². The molecule has 1 heterocycles. The summed E-state index contributed by atoms with van der Waals surface area (Å²) in [5, 5.41) is 0. The Labute approximate surface area is 115 Å². The summed E-state index contributed by atoms with van der Waals surface area (Å²) >= 11 is 0. The molecular weight excluding hydrogens is 240 g/mol. The molecule has 0 aromatic rings. The van der Waals surface area contributed by atoms with Crippen LogP contribution in [0.3, 0.4) is 0 Å². The van der Waals surface area contributed by atoms with Gasteiger partial charge in [-0.1, -0.05) is 6.42 Å². The molecule has 1 aliphatic heterocycles. The van der Waals surface area contributed by atoms with E-state index < -0.39 is 0 Å². The lowest BCUT2D eigenvalue weighted by atomic mass is 9.88. The Morgan fingerprint density at radius 3 is 2.63 bits per heavy atom. The van der Waals surface area contributed by atoms with Gasteiger partial charge in [-0.3, -0.25) is 9.59 Å². The van der Waals surface area contributed by atoms with E-state index in [-0.39, 0.29) is 24.3 Å². The maximum atomic E-state index is 12.3. The van der Waals surface area contributed by atoms with Gasteiger partial charge in [-0.05, 0) is 38.7 Å². The van der Waals surface area contributed by atoms with Crippen LogP contribution in [0.2, 0.25) is 0 Å². The highest BCUT2D eigenvalue weighted by Crippen LogP contribution is 2.37. The van der Waals surface area contributed by atoms with Crippen LogP contribution in [0.5, 0.6) is 0 Å². The van der Waals surface area contributed by atoms with Gasteiger partial charge in [-0.2, -0.15) is 0 Å². The zero-order chi connectivity index (χ0) is 14.0. The molecule has 2 aliphatic rings. The molecule has 0 aromatic carbocycles. The molecular formula is C15H24N2O2. The van der Waals surface area contributed by atoms with Crippen molar-refractivity contribution >= 4 is 11.8 Å². The fourth-order valence-electron chi connectivity index (χ4n) is 3.29. The smallest absolute Gasteiger partial charge is 0.250 e. The number of rotatable bonds is 4. The van der Waals surface area contributed by atoms with Crippen LogP contribution in [0.1, 0.15) is 46.0 Å². The first kappa shape index (κ1) is 14.1. The fourth-order valence-corrected chi connectivity index (χ4v) is 3.29. The van der Waals surface area contributed by atoms with E-state index in [9.17, 15) is 9.59 Å². The summed E-state index contributed by atoms with van der Waals surface area (Å²) in [4.78, 5) is 28.1. The lowest BCUT2D eigenvalue weighted by Gasteiger charge is -2.26. The molecule has 0 spiro atoms. The van der Waals surface area contributed by atoms with E-state index in [4.69, 9.17) is 0 Å². The number of hydrogen-bond acceptors (Lipinski definition) is 2. The molecule has 0 aromatic heterocycles. The third-order valence-corrected chi connectivity index (χ3v) is 4.45. The van der Waals surface area contributed by atoms with E-state index in [1.54, 1.807) is 4.90 Å². The number of amides is 2. The molecule has 106 valence electrons. The molecule has 1 unspecified atom stereocenters. The van der Waals surface area contributed by atoms with Gasteiger partial charge in [0.2, 0.25) is 5.91 Å². The molecule has 2 amide bonds. The zero-order valence-corrected chi connectivity index (χ0v) is 12.2. The lowest BCUT2D eigenvalue weighted by Crippen LogP contribution is -2.34. The van der Waals surface area contributed by atoms with E-state index in [1.165, 1.54) is 12.0 Å². The van der Waals surface area contributed by atoms with Crippen LogP contribution in [0, 0.1) is 0 Å². The summed E-state index contributed by atoms with van der Waals surface area (Å²) in [5.74, 6) is 0.155. The number of nitrogens with zero attached hydrogens (tertiary/aromatic N) is 2. The van der Waals surface area contributed by atoms with Crippen molar-refractivity contribution in [2.45, 2.75) is 52.0 Å². The van der Waals surface area contributed by atoms with Crippen LogP contribution in [0.4, 0.5) is 0 Å². The van der Waals surface area contributed by atoms with Crippen molar-refractivity contribution in [2.24, 2.45) is 0 Å². The molecule has 4 nitrogen and oxygen atoms in total. The standard InChI is InChI=1S/C15H24N2O2/c1-4-17(5-2)14(18)10-12-11-8-6-7-9-13(11)16(3)15(12)19/h13H,4-10H2,1-3H3. The molecule has 1 atom stereocenters. The minimum absolute atomic E-state index is 0.0717. The van der Waals surface area contributed by atoms with Crippen LogP contribution in [-0.2, 0) is 9.59 Å². The third-order valence-electron chi connectivity index (χ3n) is 4.45. The van der Waals surface area contributed by atoms with Crippen LogP contribution >= 0.6 is 0 Å². The maximum Gasteiger partial charge on any atom is 0.250 e. The summed E-state index contributed by atoms with van der Waals surface area (Å²) in [6, 6.07) is 0.265. The van der Waals surface area contributed by atoms with Gasteiger partial charge in [-0.15, -0.1) is 0 Å². The van der Waals surface area contributed by atoms with Crippen molar-refractivity contribution in [2.75, 3.05) is 20.1 Å². The highest BCUT2D eigenvalue weighted by atomic mass is 16.2. The number of likely N-dealkylation sites (N-methyl/N-ethyl adjacent to an activating group) is 1. The summed E-state index contributed by atoms with van der Waals surface area (Å²) in [6.45, 7) is 5.38. The SMILES string of the molecule is CCN(CC)C(=O)CC1=C2CCCCC2N(C)C1=O. The van der Waals surface area contributed by atoms with Crippen molar-refractivity contribution in [3.8, 4) is 0 Å². The highest BCUT2D eigenvalue weighted by molar-refractivity contribution is 6.02. The van der Waals surface area contributed by atoms with Crippen molar-refractivity contribution in [3.63, 3.8) is 0 Å². The summed E-state index contributed by atoms with van der Waals surface area (Å²) in [7, 11) is 1.87. The van der Waals surface area contributed by atoms with Crippen molar-refractivity contribution in [1.82, 2.24) is 9.80 Å². The Balaban J connectivity index is 2.17. The van der Waals surface area contributed by atoms with Crippen molar-refractivity contribution < 1.29 is 9.59 Å². The first-order valence-electron chi connectivity index (χ1n) is 7.37. The number of carbonyl (C=O) groups is 2. The summed E-state index contributed by atoms with van der Waals surface area (Å²) in [5.41, 5.74) is 2.02. The van der Waals surface area contributed by atoms with Crippen molar-refractivity contribution in [1.29, 1.82) is 0 Å². The third kappa shape index (κ3) is 2.53. The van der Waals surface area contributed by atoms with Gasteiger partial charge < -0.3 is 9.80 Å². The number of hydrogen-bond donors (Lipinski definition) is 0. The normalized spacial score (nSPS) is 22.8. The van der Waals surface area contributed by atoms with Gasteiger partial charge in [0.15, 0.2) is 0 Å². The molecule has 0 bridgehead atoms. The average Bonchev–Trinajstić information content (AvgIpc) is 2.66. The Kier molecular flexibility index (Phi) is 4.27. The Bertz CT molecular complexity index is 410. The van der Waals surface area contributed by atoms with E-state index in [0.717, 1.165) is 24.8 Å². The molecule has 4 heteroatoms. The second kappa shape index (κ2) is 5.76. The first-order chi connectivity index (χ1) is 9.10. The summed E-state index contributed by atoms with van der Waals surface area (Å²) in [6.07, 6.45) is 4.66. The Morgan fingerprint density at radius 1 is 1.32 bits per heavy atom. The van der Waals surface area contributed by atoms with Crippen molar-refractivity contribution in [3.05, 3.63) is 11.1 Å². The molecule has 0 N–H and O–H groups in total. The monoisotopic (exact) mass is 264 g/mol. The van der Waals surface area contributed by atoms with E-state index in [0.29, 0.717) is 13.1 Å². The second-order valence-corrected chi connectivity index (χ2v) is 5.42. The zero-order valence-electron chi connectivity index (χ0n) is 12.2. The Hall–Kier alpha value is -1.32. The number of carbonyl (C=O) groups excluding carboxylic acids is 2. The molecule has 0 radical (unpaired) electrons. The predicted octanol–water partition coefficient (Wildman–Crippen LogP) is 1.96. The minimum Gasteiger partial charge on any atom is -0.343 e. The second-order valence-electron chi connectivity index (χ2n) is 5.42. The molecule has 19 heavy (non-hydrogen) atoms. The molecule has 1 fully saturated rings. The van der Waals surface area contributed by atoms with E-state index in [1.807, 2.05) is 25.8 Å². The topological polar surface area (TPSA) is 40.6 Å². The predicted molar refractivity (Wildman–Crippen MR) is 74.6 cm³/mol. The van der Waals surface area contributed by atoms with Crippen LogP contribution in [0.25, 0.3) is 0 Å². The highest BCUT2D eigenvalue weighted by Gasteiger charge is 2.38.